The van der Waals surface area contributed by atoms with E-state index in [0.717, 1.165) is 43.4 Å². The number of fused-ring (bicyclic) bond motifs is 3. The van der Waals surface area contributed by atoms with Gasteiger partial charge in [-0.15, -0.1) is 0 Å². The van der Waals surface area contributed by atoms with Crippen LogP contribution in [0.4, 0.5) is 0 Å². The van der Waals surface area contributed by atoms with Crippen LogP contribution in [0.3, 0.4) is 0 Å². The summed E-state index contributed by atoms with van der Waals surface area (Å²) in [6.07, 6.45) is 9.60. The summed E-state index contributed by atoms with van der Waals surface area (Å²) in [5.41, 5.74) is 1.54. The zero-order chi connectivity index (χ0) is 14.2. The van der Waals surface area contributed by atoms with E-state index in [2.05, 4.69) is 10.5 Å². The SMILES string of the molecule is O=C(NCCC1CC2CCC1O2)c1noc2c1CCCC2. The first-order chi connectivity index (χ1) is 10.3. The molecule has 3 unspecified atom stereocenters. The first-order valence-corrected chi connectivity index (χ1v) is 8.22. The van der Waals surface area contributed by atoms with Gasteiger partial charge in [0.2, 0.25) is 0 Å². The molecule has 5 heteroatoms. The van der Waals surface area contributed by atoms with Crippen LogP contribution < -0.4 is 5.32 Å². The minimum atomic E-state index is -0.0778. The first-order valence-electron chi connectivity index (χ1n) is 8.22. The summed E-state index contributed by atoms with van der Waals surface area (Å²) in [6, 6.07) is 0. The van der Waals surface area contributed by atoms with Crippen LogP contribution in [0.5, 0.6) is 0 Å². The van der Waals surface area contributed by atoms with Crippen molar-refractivity contribution in [3.05, 3.63) is 17.0 Å². The number of ether oxygens (including phenoxy) is 1. The minimum Gasteiger partial charge on any atom is -0.375 e. The molecule has 114 valence electrons. The molecule has 1 N–H and O–H groups in total. The van der Waals surface area contributed by atoms with E-state index in [1.807, 2.05) is 0 Å². The van der Waals surface area contributed by atoms with Crippen molar-refractivity contribution in [2.45, 2.75) is 63.6 Å². The highest BCUT2D eigenvalue weighted by Crippen LogP contribution is 2.40. The second kappa shape index (κ2) is 5.44. The van der Waals surface area contributed by atoms with Crippen LogP contribution in [0, 0.1) is 5.92 Å². The second-order valence-electron chi connectivity index (χ2n) is 6.55. The molecule has 1 amide bonds. The van der Waals surface area contributed by atoms with Crippen molar-refractivity contribution in [3.63, 3.8) is 0 Å². The Balaban J connectivity index is 1.31. The Morgan fingerprint density at radius 1 is 1.29 bits per heavy atom. The lowest BCUT2D eigenvalue weighted by Gasteiger charge is -2.18. The summed E-state index contributed by atoms with van der Waals surface area (Å²) in [4.78, 5) is 12.2. The summed E-state index contributed by atoms with van der Waals surface area (Å²) in [5, 5.41) is 6.98. The molecule has 1 aromatic heterocycles. The number of hydrogen-bond acceptors (Lipinski definition) is 4. The summed E-state index contributed by atoms with van der Waals surface area (Å²) in [7, 11) is 0. The predicted molar refractivity (Wildman–Crippen MR) is 76.1 cm³/mol. The van der Waals surface area contributed by atoms with E-state index < -0.39 is 0 Å². The number of carbonyl (C=O) groups is 1. The molecule has 3 heterocycles. The van der Waals surface area contributed by atoms with Crippen LogP contribution in [-0.4, -0.2) is 29.8 Å². The fourth-order valence-corrected chi connectivity index (χ4v) is 4.06. The van der Waals surface area contributed by atoms with Crippen molar-refractivity contribution in [3.8, 4) is 0 Å². The van der Waals surface area contributed by atoms with E-state index in [1.165, 1.54) is 19.3 Å². The third kappa shape index (κ3) is 2.48. The number of nitrogens with zero attached hydrogens (tertiary/aromatic N) is 1. The Morgan fingerprint density at radius 3 is 3.00 bits per heavy atom. The van der Waals surface area contributed by atoms with Crippen molar-refractivity contribution in [2.75, 3.05) is 6.54 Å². The highest BCUT2D eigenvalue weighted by molar-refractivity contribution is 5.93. The quantitative estimate of drug-likeness (QED) is 0.923. The van der Waals surface area contributed by atoms with Crippen LogP contribution in [-0.2, 0) is 17.6 Å². The number of amides is 1. The fraction of sp³-hybridized carbons (Fsp3) is 0.750. The van der Waals surface area contributed by atoms with E-state index in [-0.39, 0.29) is 5.91 Å². The lowest BCUT2D eigenvalue weighted by molar-refractivity contribution is 0.0884. The maximum absolute atomic E-state index is 12.2. The largest absolute Gasteiger partial charge is 0.375 e. The van der Waals surface area contributed by atoms with Crippen molar-refractivity contribution in [2.24, 2.45) is 5.92 Å². The minimum absolute atomic E-state index is 0.0778. The second-order valence-corrected chi connectivity index (χ2v) is 6.55. The lowest BCUT2D eigenvalue weighted by atomic mass is 9.87. The fourth-order valence-electron chi connectivity index (χ4n) is 4.06. The Labute approximate surface area is 124 Å². The molecule has 5 nitrogen and oxygen atoms in total. The molecule has 1 aliphatic carbocycles. The number of nitrogens with one attached hydrogen (secondary N) is 1. The normalized spacial score (nSPS) is 30.4. The lowest BCUT2D eigenvalue weighted by Crippen LogP contribution is -2.29. The zero-order valence-electron chi connectivity index (χ0n) is 12.3. The van der Waals surface area contributed by atoms with Crippen LogP contribution in [0.25, 0.3) is 0 Å². The Morgan fingerprint density at radius 2 is 2.19 bits per heavy atom. The van der Waals surface area contributed by atoms with E-state index in [1.54, 1.807) is 0 Å². The number of aromatic nitrogens is 1. The van der Waals surface area contributed by atoms with Crippen molar-refractivity contribution in [1.82, 2.24) is 10.5 Å². The van der Waals surface area contributed by atoms with Gasteiger partial charge in [0, 0.05) is 18.5 Å². The summed E-state index contributed by atoms with van der Waals surface area (Å²) >= 11 is 0. The molecular weight excluding hydrogens is 268 g/mol. The van der Waals surface area contributed by atoms with Gasteiger partial charge in [-0.3, -0.25) is 4.79 Å². The Bertz CT molecular complexity index is 540. The van der Waals surface area contributed by atoms with Gasteiger partial charge in [0.25, 0.3) is 5.91 Å². The topological polar surface area (TPSA) is 64.4 Å². The monoisotopic (exact) mass is 290 g/mol. The molecule has 0 radical (unpaired) electrons. The Kier molecular flexibility index (Phi) is 3.45. The highest BCUT2D eigenvalue weighted by Gasteiger charge is 2.40. The average Bonchev–Trinajstić information content (AvgIpc) is 3.21. The molecule has 2 bridgehead atoms. The molecule has 0 saturated carbocycles. The molecule has 2 saturated heterocycles. The van der Waals surface area contributed by atoms with Gasteiger partial charge in [-0.05, 0) is 50.9 Å². The van der Waals surface area contributed by atoms with Gasteiger partial charge in [0.1, 0.15) is 5.76 Å². The molecule has 1 aromatic rings. The third-order valence-corrected chi connectivity index (χ3v) is 5.20. The summed E-state index contributed by atoms with van der Waals surface area (Å²) < 4.78 is 11.1. The molecule has 2 aliphatic heterocycles. The average molecular weight is 290 g/mol. The predicted octanol–water partition coefficient (Wildman–Crippen LogP) is 2.24. The van der Waals surface area contributed by atoms with Gasteiger partial charge in [-0.2, -0.15) is 0 Å². The highest BCUT2D eigenvalue weighted by atomic mass is 16.5. The number of aryl methyl sites for hydroxylation is 1. The van der Waals surface area contributed by atoms with E-state index in [9.17, 15) is 4.79 Å². The van der Waals surface area contributed by atoms with Crippen molar-refractivity contribution >= 4 is 5.91 Å². The van der Waals surface area contributed by atoms with Gasteiger partial charge in [-0.25, -0.2) is 0 Å². The standard InChI is InChI=1S/C16H22N2O3/c19-16(15-12-3-1-2-4-14(12)21-18-15)17-8-7-10-9-11-5-6-13(10)20-11/h10-11,13H,1-9H2,(H,17,19). The summed E-state index contributed by atoms with van der Waals surface area (Å²) in [5.74, 6) is 1.45. The van der Waals surface area contributed by atoms with E-state index in [4.69, 9.17) is 9.26 Å². The summed E-state index contributed by atoms with van der Waals surface area (Å²) in [6.45, 7) is 0.706. The van der Waals surface area contributed by atoms with E-state index >= 15 is 0 Å². The van der Waals surface area contributed by atoms with Crippen molar-refractivity contribution in [1.29, 1.82) is 0 Å². The Hall–Kier alpha value is -1.36. The van der Waals surface area contributed by atoms with Crippen LogP contribution in [0.15, 0.2) is 4.52 Å². The number of hydrogen-bond donors (Lipinski definition) is 1. The first kappa shape index (κ1) is 13.3. The van der Waals surface area contributed by atoms with Gasteiger partial charge in [-0.1, -0.05) is 5.16 Å². The third-order valence-electron chi connectivity index (χ3n) is 5.20. The smallest absolute Gasteiger partial charge is 0.273 e. The zero-order valence-corrected chi connectivity index (χ0v) is 12.3. The van der Waals surface area contributed by atoms with Crippen molar-refractivity contribution < 1.29 is 14.1 Å². The van der Waals surface area contributed by atoms with Gasteiger partial charge >= 0.3 is 0 Å². The maximum atomic E-state index is 12.2. The van der Waals surface area contributed by atoms with Crippen LogP contribution >= 0.6 is 0 Å². The molecule has 4 rings (SSSR count). The molecule has 3 aliphatic rings. The molecule has 2 fully saturated rings. The van der Waals surface area contributed by atoms with Crippen LogP contribution in [0.2, 0.25) is 0 Å². The van der Waals surface area contributed by atoms with Crippen LogP contribution in [0.1, 0.15) is 60.3 Å². The molecular formula is C16H22N2O3. The number of rotatable bonds is 4. The van der Waals surface area contributed by atoms with Gasteiger partial charge in [0.05, 0.1) is 12.2 Å². The molecule has 0 aromatic carbocycles. The molecule has 21 heavy (non-hydrogen) atoms. The molecule has 0 spiro atoms. The number of carbonyl (C=O) groups excluding carboxylic acids is 1. The molecule has 3 atom stereocenters. The van der Waals surface area contributed by atoms with E-state index in [0.29, 0.717) is 30.4 Å². The van der Waals surface area contributed by atoms with Gasteiger partial charge < -0.3 is 14.6 Å². The van der Waals surface area contributed by atoms with Gasteiger partial charge in [0.15, 0.2) is 5.69 Å². The maximum Gasteiger partial charge on any atom is 0.273 e.